The van der Waals surface area contributed by atoms with E-state index < -0.39 is 0 Å². The number of hydrogen-bond acceptors (Lipinski definition) is 2. The number of benzene rings is 1. The van der Waals surface area contributed by atoms with Gasteiger partial charge in [0, 0.05) is 0 Å². The Kier molecular flexibility index (Phi) is 4.82. The molecule has 1 aromatic carbocycles. The minimum absolute atomic E-state index is 0.310. The fourth-order valence-corrected chi connectivity index (χ4v) is 2.40. The molecule has 1 atom stereocenters. The van der Waals surface area contributed by atoms with Gasteiger partial charge in [-0.15, -0.1) is 0 Å². The number of rotatable bonds is 5. The minimum Gasteiger partial charge on any atom is -0.501 e. The van der Waals surface area contributed by atoms with E-state index in [0.717, 1.165) is 32.4 Å². The molecule has 0 fully saturated rings. The van der Waals surface area contributed by atoms with Crippen LogP contribution in [0.4, 0.5) is 0 Å². The molecular weight excluding hydrogens is 222 g/mol. The van der Waals surface area contributed by atoms with Gasteiger partial charge in [0.05, 0.1) is 18.9 Å². The van der Waals surface area contributed by atoms with Crippen molar-refractivity contribution in [2.24, 2.45) is 0 Å². The lowest BCUT2D eigenvalue weighted by Gasteiger charge is -2.25. The first-order chi connectivity index (χ1) is 8.81. The summed E-state index contributed by atoms with van der Waals surface area (Å²) in [6, 6.07) is 9.06. The zero-order valence-corrected chi connectivity index (χ0v) is 11.4. The van der Waals surface area contributed by atoms with Gasteiger partial charge in [-0.05, 0) is 43.9 Å². The van der Waals surface area contributed by atoms with Crippen LogP contribution in [0.3, 0.4) is 0 Å². The Morgan fingerprint density at radius 2 is 2.28 bits per heavy atom. The number of ether oxygens (including phenoxy) is 1. The minimum atomic E-state index is 0.310. The van der Waals surface area contributed by atoms with Crippen molar-refractivity contribution in [2.75, 3.05) is 13.2 Å². The zero-order chi connectivity index (χ0) is 12.8. The van der Waals surface area contributed by atoms with Crippen molar-refractivity contribution < 1.29 is 4.74 Å². The van der Waals surface area contributed by atoms with E-state index in [4.69, 9.17) is 4.74 Å². The quantitative estimate of drug-likeness (QED) is 0.853. The molecule has 2 heteroatoms. The van der Waals surface area contributed by atoms with Crippen molar-refractivity contribution in [1.82, 2.24) is 5.32 Å². The molecule has 18 heavy (non-hydrogen) atoms. The van der Waals surface area contributed by atoms with E-state index in [-0.39, 0.29) is 0 Å². The van der Waals surface area contributed by atoms with Gasteiger partial charge in [-0.2, -0.15) is 0 Å². The predicted octanol–water partition coefficient (Wildman–Crippen LogP) is 3.73. The topological polar surface area (TPSA) is 21.3 Å². The van der Waals surface area contributed by atoms with Gasteiger partial charge in [0.25, 0.3) is 0 Å². The third-order valence-electron chi connectivity index (χ3n) is 3.31. The molecule has 0 bridgehead atoms. The van der Waals surface area contributed by atoms with Gasteiger partial charge in [-0.3, -0.25) is 0 Å². The second kappa shape index (κ2) is 6.60. The summed E-state index contributed by atoms with van der Waals surface area (Å²) in [7, 11) is 0. The van der Waals surface area contributed by atoms with Crippen molar-refractivity contribution in [3.05, 3.63) is 47.2 Å². The molecule has 1 heterocycles. The maximum Gasteiger partial charge on any atom is 0.0876 e. The van der Waals surface area contributed by atoms with Crippen LogP contribution >= 0.6 is 0 Å². The van der Waals surface area contributed by atoms with Crippen LogP contribution in [-0.4, -0.2) is 13.2 Å². The highest BCUT2D eigenvalue weighted by Crippen LogP contribution is 2.28. The molecule has 0 aliphatic carbocycles. The smallest absolute Gasteiger partial charge is 0.0876 e. The summed E-state index contributed by atoms with van der Waals surface area (Å²) in [6.45, 7) is 6.24. The highest BCUT2D eigenvalue weighted by atomic mass is 16.5. The largest absolute Gasteiger partial charge is 0.501 e. The van der Waals surface area contributed by atoms with Gasteiger partial charge in [0.1, 0.15) is 0 Å². The highest BCUT2D eigenvalue weighted by molar-refractivity contribution is 5.31. The molecular formula is C16H23NO. The lowest BCUT2D eigenvalue weighted by atomic mass is 9.94. The predicted molar refractivity (Wildman–Crippen MR) is 75.5 cm³/mol. The van der Waals surface area contributed by atoms with Crippen molar-refractivity contribution in [3.63, 3.8) is 0 Å². The third-order valence-corrected chi connectivity index (χ3v) is 3.31. The SMILES string of the molecule is CCCNC(C1=COCCC1)c1cccc(C)c1. The van der Waals surface area contributed by atoms with E-state index in [9.17, 15) is 0 Å². The van der Waals surface area contributed by atoms with Crippen molar-refractivity contribution in [3.8, 4) is 0 Å². The molecule has 0 spiro atoms. The summed E-state index contributed by atoms with van der Waals surface area (Å²) >= 11 is 0. The maximum atomic E-state index is 5.49. The van der Waals surface area contributed by atoms with Crippen molar-refractivity contribution >= 4 is 0 Å². The van der Waals surface area contributed by atoms with Crippen LogP contribution in [0.15, 0.2) is 36.1 Å². The Balaban J connectivity index is 2.21. The molecule has 0 saturated heterocycles. The standard InChI is InChI=1S/C16H23NO/c1-3-9-17-16(15-8-5-10-18-12-15)14-7-4-6-13(2)11-14/h4,6-7,11-12,16-17H,3,5,8-10H2,1-2H3. The Labute approximate surface area is 110 Å². The van der Waals surface area contributed by atoms with Crippen molar-refractivity contribution in [1.29, 1.82) is 0 Å². The Hall–Kier alpha value is -1.28. The summed E-state index contributed by atoms with van der Waals surface area (Å²) in [5, 5.41) is 3.63. The van der Waals surface area contributed by atoms with Crippen LogP contribution < -0.4 is 5.32 Å². The monoisotopic (exact) mass is 245 g/mol. The molecule has 1 aliphatic heterocycles. The zero-order valence-electron chi connectivity index (χ0n) is 11.4. The van der Waals surface area contributed by atoms with E-state index in [0.29, 0.717) is 6.04 Å². The fraction of sp³-hybridized carbons (Fsp3) is 0.500. The van der Waals surface area contributed by atoms with Gasteiger partial charge >= 0.3 is 0 Å². The van der Waals surface area contributed by atoms with Crippen LogP contribution in [0.1, 0.15) is 43.4 Å². The van der Waals surface area contributed by atoms with E-state index in [2.05, 4.69) is 43.4 Å². The van der Waals surface area contributed by atoms with Gasteiger partial charge in [-0.1, -0.05) is 36.8 Å². The van der Waals surface area contributed by atoms with Crippen LogP contribution in [-0.2, 0) is 4.74 Å². The molecule has 1 aromatic rings. The van der Waals surface area contributed by atoms with Crippen molar-refractivity contribution in [2.45, 2.75) is 39.2 Å². The van der Waals surface area contributed by atoms with Crippen LogP contribution in [0.2, 0.25) is 0 Å². The molecule has 0 amide bonds. The van der Waals surface area contributed by atoms with Gasteiger partial charge in [0.2, 0.25) is 0 Å². The summed E-state index contributed by atoms with van der Waals surface area (Å²) in [4.78, 5) is 0. The lowest BCUT2D eigenvalue weighted by Crippen LogP contribution is -2.25. The Bertz CT molecular complexity index is 411. The number of hydrogen-bond donors (Lipinski definition) is 1. The number of nitrogens with one attached hydrogen (secondary N) is 1. The average molecular weight is 245 g/mol. The molecule has 98 valence electrons. The molecule has 0 radical (unpaired) electrons. The van der Waals surface area contributed by atoms with Crippen LogP contribution in [0.5, 0.6) is 0 Å². The molecule has 0 saturated carbocycles. The summed E-state index contributed by atoms with van der Waals surface area (Å²) < 4.78 is 5.49. The molecule has 1 unspecified atom stereocenters. The summed E-state index contributed by atoms with van der Waals surface area (Å²) in [5.74, 6) is 0. The first kappa shape index (κ1) is 13.2. The second-order valence-corrected chi connectivity index (χ2v) is 4.97. The van der Waals surface area contributed by atoms with Gasteiger partial charge < -0.3 is 10.1 Å². The second-order valence-electron chi connectivity index (χ2n) is 4.97. The first-order valence-corrected chi connectivity index (χ1v) is 6.91. The third kappa shape index (κ3) is 3.36. The molecule has 0 aromatic heterocycles. The first-order valence-electron chi connectivity index (χ1n) is 6.91. The fourth-order valence-electron chi connectivity index (χ4n) is 2.40. The molecule has 1 aliphatic rings. The number of aryl methyl sites for hydroxylation is 1. The van der Waals surface area contributed by atoms with Gasteiger partial charge in [0.15, 0.2) is 0 Å². The summed E-state index contributed by atoms with van der Waals surface area (Å²) in [5.41, 5.74) is 4.04. The van der Waals surface area contributed by atoms with E-state index in [1.807, 2.05) is 6.26 Å². The van der Waals surface area contributed by atoms with E-state index in [1.165, 1.54) is 16.7 Å². The van der Waals surface area contributed by atoms with Gasteiger partial charge in [-0.25, -0.2) is 0 Å². The van der Waals surface area contributed by atoms with E-state index in [1.54, 1.807) is 0 Å². The normalized spacial score (nSPS) is 16.9. The highest BCUT2D eigenvalue weighted by Gasteiger charge is 2.18. The Morgan fingerprint density at radius 1 is 1.39 bits per heavy atom. The Morgan fingerprint density at radius 3 is 2.94 bits per heavy atom. The lowest BCUT2D eigenvalue weighted by molar-refractivity contribution is 0.219. The molecule has 1 N–H and O–H groups in total. The molecule has 2 nitrogen and oxygen atoms in total. The molecule has 2 rings (SSSR count). The maximum absolute atomic E-state index is 5.49. The average Bonchev–Trinajstić information content (AvgIpc) is 2.40. The summed E-state index contributed by atoms with van der Waals surface area (Å²) in [6.07, 6.45) is 5.37. The van der Waals surface area contributed by atoms with Crippen LogP contribution in [0, 0.1) is 6.92 Å². The van der Waals surface area contributed by atoms with Crippen LogP contribution in [0.25, 0.3) is 0 Å². The van der Waals surface area contributed by atoms with E-state index >= 15 is 0 Å².